The van der Waals surface area contributed by atoms with Crippen LogP contribution in [0.3, 0.4) is 0 Å². The number of aryl methyl sites for hydroxylation is 2. The Kier molecular flexibility index (Phi) is 3.01. The van der Waals surface area contributed by atoms with Crippen molar-refractivity contribution >= 4 is 38.6 Å². The van der Waals surface area contributed by atoms with Gasteiger partial charge in [0.2, 0.25) is 0 Å². The highest BCUT2D eigenvalue weighted by molar-refractivity contribution is 7.13. The maximum absolute atomic E-state index is 4.52. The molecule has 0 radical (unpaired) electrons. The lowest BCUT2D eigenvalue weighted by Crippen LogP contribution is -2.00. The highest BCUT2D eigenvalue weighted by Crippen LogP contribution is 2.23. The first-order chi connectivity index (χ1) is 8.72. The van der Waals surface area contributed by atoms with Gasteiger partial charge in [-0.2, -0.15) is 4.37 Å². The molecule has 1 N–H and O–H groups in total. The van der Waals surface area contributed by atoms with E-state index >= 15 is 0 Å². The monoisotopic (exact) mass is 275 g/mol. The van der Waals surface area contributed by atoms with Crippen LogP contribution in [-0.4, -0.2) is 9.36 Å². The van der Waals surface area contributed by atoms with Crippen molar-refractivity contribution in [2.45, 2.75) is 20.4 Å². The Labute approximate surface area is 114 Å². The zero-order valence-corrected chi connectivity index (χ0v) is 11.9. The molecular weight excluding hydrogens is 262 g/mol. The number of rotatable bonds is 3. The molecule has 0 spiro atoms. The van der Waals surface area contributed by atoms with Gasteiger partial charge >= 0.3 is 0 Å². The smallest absolute Gasteiger partial charge is 0.0900 e. The quantitative estimate of drug-likeness (QED) is 0.785. The molecule has 3 rings (SSSR count). The molecule has 0 aliphatic rings. The van der Waals surface area contributed by atoms with Crippen molar-refractivity contribution in [3.05, 3.63) is 40.0 Å². The zero-order valence-electron chi connectivity index (χ0n) is 10.2. The van der Waals surface area contributed by atoms with E-state index in [0.717, 1.165) is 22.9 Å². The summed E-state index contributed by atoms with van der Waals surface area (Å²) in [7, 11) is 0. The Morgan fingerprint density at radius 2 is 2.17 bits per heavy atom. The van der Waals surface area contributed by atoms with E-state index < -0.39 is 0 Å². The number of nitrogens with one attached hydrogen (secondary N) is 1. The molecule has 0 aliphatic carbocycles. The highest BCUT2D eigenvalue weighted by Gasteiger charge is 2.05. The van der Waals surface area contributed by atoms with E-state index in [4.69, 9.17) is 0 Å². The van der Waals surface area contributed by atoms with E-state index in [9.17, 15) is 0 Å². The largest absolute Gasteiger partial charge is 0.379 e. The maximum Gasteiger partial charge on any atom is 0.0900 e. The van der Waals surface area contributed by atoms with Crippen LogP contribution in [0.15, 0.2) is 24.4 Å². The third kappa shape index (κ3) is 2.23. The Balaban J connectivity index is 1.78. The molecule has 0 fully saturated rings. The van der Waals surface area contributed by atoms with Crippen LogP contribution < -0.4 is 5.32 Å². The molecular formula is C13H13N3S2. The second kappa shape index (κ2) is 4.66. The SMILES string of the molecule is Cc1nc(CNc2ccc3sncc3c2)c(C)s1. The second-order valence-electron chi connectivity index (χ2n) is 4.17. The Hall–Kier alpha value is -1.46. The van der Waals surface area contributed by atoms with Gasteiger partial charge in [-0.05, 0) is 43.6 Å². The number of fused-ring (bicyclic) bond motifs is 1. The molecule has 1 aromatic carbocycles. The average Bonchev–Trinajstić information content (AvgIpc) is 2.92. The molecule has 0 aliphatic heterocycles. The fraction of sp³-hybridized carbons (Fsp3) is 0.231. The van der Waals surface area contributed by atoms with Gasteiger partial charge in [-0.15, -0.1) is 11.3 Å². The van der Waals surface area contributed by atoms with Crippen LogP contribution in [0.4, 0.5) is 5.69 Å². The van der Waals surface area contributed by atoms with Gasteiger partial charge in [-0.25, -0.2) is 4.98 Å². The summed E-state index contributed by atoms with van der Waals surface area (Å²) in [5.74, 6) is 0. The van der Waals surface area contributed by atoms with E-state index in [1.165, 1.54) is 26.5 Å². The third-order valence-electron chi connectivity index (χ3n) is 2.81. The highest BCUT2D eigenvalue weighted by atomic mass is 32.1. The van der Waals surface area contributed by atoms with Crippen LogP contribution in [-0.2, 0) is 6.54 Å². The van der Waals surface area contributed by atoms with Gasteiger partial charge < -0.3 is 5.32 Å². The van der Waals surface area contributed by atoms with Gasteiger partial charge in [0, 0.05) is 22.1 Å². The minimum atomic E-state index is 0.777. The van der Waals surface area contributed by atoms with Crippen molar-refractivity contribution in [3.8, 4) is 0 Å². The van der Waals surface area contributed by atoms with Crippen LogP contribution >= 0.6 is 22.9 Å². The molecule has 3 nitrogen and oxygen atoms in total. The van der Waals surface area contributed by atoms with Gasteiger partial charge in [0.1, 0.15) is 0 Å². The molecule has 0 bridgehead atoms. The van der Waals surface area contributed by atoms with Gasteiger partial charge in [0.15, 0.2) is 0 Å². The Morgan fingerprint density at radius 3 is 2.94 bits per heavy atom. The summed E-state index contributed by atoms with van der Waals surface area (Å²) in [6.45, 7) is 4.94. The molecule has 2 aromatic heterocycles. The summed E-state index contributed by atoms with van der Waals surface area (Å²) < 4.78 is 5.40. The van der Waals surface area contributed by atoms with E-state index in [2.05, 4.69) is 39.8 Å². The molecule has 0 unspecified atom stereocenters. The number of nitrogens with zero attached hydrogens (tertiary/aromatic N) is 2. The van der Waals surface area contributed by atoms with E-state index in [0.29, 0.717) is 0 Å². The predicted molar refractivity (Wildman–Crippen MR) is 78.5 cm³/mol. The first-order valence-electron chi connectivity index (χ1n) is 5.73. The van der Waals surface area contributed by atoms with Gasteiger partial charge in [-0.1, -0.05) is 0 Å². The normalized spacial score (nSPS) is 11.0. The molecule has 0 saturated heterocycles. The minimum Gasteiger partial charge on any atom is -0.379 e. The topological polar surface area (TPSA) is 37.8 Å². The molecule has 0 atom stereocenters. The number of anilines is 1. The first kappa shape index (κ1) is 11.6. The summed E-state index contributed by atoms with van der Waals surface area (Å²) in [4.78, 5) is 5.81. The number of hydrogen-bond donors (Lipinski definition) is 1. The summed E-state index contributed by atoms with van der Waals surface area (Å²) in [5.41, 5.74) is 2.26. The number of aromatic nitrogens is 2. The fourth-order valence-electron chi connectivity index (χ4n) is 1.90. The summed E-state index contributed by atoms with van der Waals surface area (Å²) in [6.07, 6.45) is 1.91. The molecule has 2 heterocycles. The van der Waals surface area contributed by atoms with Crippen LogP contribution in [0.5, 0.6) is 0 Å². The summed E-state index contributed by atoms with van der Waals surface area (Å²) in [6, 6.07) is 6.33. The van der Waals surface area contributed by atoms with E-state index in [1.54, 1.807) is 11.3 Å². The fourth-order valence-corrected chi connectivity index (χ4v) is 3.36. The lowest BCUT2D eigenvalue weighted by atomic mass is 10.2. The predicted octanol–water partition coefficient (Wildman–Crippen LogP) is 3.98. The number of benzene rings is 1. The molecule has 0 amide bonds. The summed E-state index contributed by atoms with van der Waals surface area (Å²) in [5, 5.41) is 5.74. The maximum atomic E-state index is 4.52. The van der Waals surface area contributed by atoms with Crippen molar-refractivity contribution in [2.24, 2.45) is 0 Å². The molecule has 3 aromatic rings. The first-order valence-corrected chi connectivity index (χ1v) is 7.32. The van der Waals surface area contributed by atoms with Crippen LogP contribution in [0.1, 0.15) is 15.6 Å². The van der Waals surface area contributed by atoms with E-state index in [1.807, 2.05) is 13.1 Å². The van der Waals surface area contributed by atoms with E-state index in [-0.39, 0.29) is 0 Å². The number of thiazole rings is 1. The lowest BCUT2D eigenvalue weighted by Gasteiger charge is -2.05. The van der Waals surface area contributed by atoms with Gasteiger partial charge in [0.25, 0.3) is 0 Å². The van der Waals surface area contributed by atoms with Crippen molar-refractivity contribution < 1.29 is 0 Å². The van der Waals surface area contributed by atoms with Crippen LogP contribution in [0.25, 0.3) is 10.1 Å². The molecule has 18 heavy (non-hydrogen) atoms. The van der Waals surface area contributed by atoms with Gasteiger partial charge in [0.05, 0.1) is 21.9 Å². The van der Waals surface area contributed by atoms with Crippen molar-refractivity contribution in [2.75, 3.05) is 5.32 Å². The van der Waals surface area contributed by atoms with Crippen molar-refractivity contribution in [3.63, 3.8) is 0 Å². The number of hydrogen-bond acceptors (Lipinski definition) is 5. The van der Waals surface area contributed by atoms with Gasteiger partial charge in [-0.3, -0.25) is 0 Å². The van der Waals surface area contributed by atoms with Crippen molar-refractivity contribution in [1.29, 1.82) is 0 Å². The average molecular weight is 275 g/mol. The Morgan fingerprint density at radius 1 is 1.28 bits per heavy atom. The standard InChI is InChI=1S/C13H13N3S2/c1-8-12(16-9(2)17-8)7-14-11-3-4-13-10(5-11)6-15-18-13/h3-6,14H,7H2,1-2H3. The Bertz CT molecular complexity index is 684. The molecule has 92 valence electrons. The zero-order chi connectivity index (χ0) is 12.5. The summed E-state index contributed by atoms with van der Waals surface area (Å²) >= 11 is 3.28. The van der Waals surface area contributed by atoms with Crippen molar-refractivity contribution in [1.82, 2.24) is 9.36 Å². The van der Waals surface area contributed by atoms with Crippen LogP contribution in [0.2, 0.25) is 0 Å². The minimum absolute atomic E-state index is 0.777. The third-order valence-corrected chi connectivity index (χ3v) is 4.52. The lowest BCUT2D eigenvalue weighted by molar-refractivity contribution is 1.04. The van der Waals surface area contributed by atoms with Crippen LogP contribution in [0, 0.1) is 13.8 Å². The molecule has 5 heteroatoms. The molecule has 0 saturated carbocycles. The second-order valence-corrected chi connectivity index (χ2v) is 6.41.